The van der Waals surface area contributed by atoms with Gasteiger partial charge in [0.1, 0.15) is 5.75 Å². The van der Waals surface area contributed by atoms with E-state index in [1.165, 1.54) is 0 Å². The maximum absolute atomic E-state index is 9.97. The van der Waals surface area contributed by atoms with Gasteiger partial charge < -0.3 is 14.8 Å². The lowest BCUT2D eigenvalue weighted by atomic mass is 9.77. The van der Waals surface area contributed by atoms with Gasteiger partial charge >= 0.3 is 7.12 Å². The van der Waals surface area contributed by atoms with Crippen molar-refractivity contribution < 1.29 is 14.8 Å². The molecule has 0 aromatic heterocycles. The fourth-order valence-electron chi connectivity index (χ4n) is 3.06. The molecule has 2 N–H and O–H groups in total. The molecule has 25 heavy (non-hydrogen) atoms. The molecule has 1 aromatic rings. The van der Waals surface area contributed by atoms with Crippen molar-refractivity contribution in [2.75, 3.05) is 0 Å². The lowest BCUT2D eigenvalue weighted by molar-refractivity contribution is 0.183. The van der Waals surface area contributed by atoms with Gasteiger partial charge in [-0.25, -0.2) is 0 Å². The number of hydrogen-bond acceptors (Lipinski definition) is 3. The van der Waals surface area contributed by atoms with E-state index in [1.54, 1.807) is 6.07 Å². The summed E-state index contributed by atoms with van der Waals surface area (Å²) in [6, 6.07) is 5.39. The number of allylic oxidation sites excluding steroid dienone is 2. The van der Waals surface area contributed by atoms with Crippen molar-refractivity contribution in [3.05, 3.63) is 57.6 Å². The molecule has 1 aromatic carbocycles. The first-order chi connectivity index (χ1) is 11.9. The normalized spacial score (nSPS) is 18.2. The van der Waals surface area contributed by atoms with Crippen LogP contribution in [0.15, 0.2) is 52.0 Å². The van der Waals surface area contributed by atoms with Crippen molar-refractivity contribution in [2.45, 2.75) is 52.0 Å². The maximum atomic E-state index is 9.97. The van der Waals surface area contributed by atoms with Gasteiger partial charge in [0.2, 0.25) is 0 Å². The van der Waals surface area contributed by atoms with Crippen molar-refractivity contribution >= 4 is 29.1 Å². The molecule has 0 radical (unpaired) electrons. The molecule has 5 heteroatoms. The van der Waals surface area contributed by atoms with Crippen LogP contribution >= 0.6 is 15.9 Å². The average molecular weight is 405 g/mol. The zero-order valence-corrected chi connectivity index (χ0v) is 16.6. The van der Waals surface area contributed by atoms with Crippen LogP contribution < -0.4 is 0 Å². The Balaban J connectivity index is 2.05. The summed E-state index contributed by atoms with van der Waals surface area (Å²) in [6.07, 6.45) is 8.05. The molecule has 0 aliphatic carbocycles. The Morgan fingerprint density at radius 2 is 2.20 bits per heavy atom. The molecule has 0 saturated carbocycles. The Morgan fingerprint density at radius 1 is 1.44 bits per heavy atom. The highest BCUT2D eigenvalue weighted by molar-refractivity contribution is 9.10. The van der Waals surface area contributed by atoms with Gasteiger partial charge in [-0.2, -0.15) is 0 Å². The molecule has 0 spiro atoms. The molecule has 0 saturated heterocycles. The molecule has 0 fully saturated rings. The van der Waals surface area contributed by atoms with Crippen LogP contribution in [0.2, 0.25) is 6.32 Å². The molecular weight excluding hydrogens is 379 g/mol. The van der Waals surface area contributed by atoms with Crippen molar-refractivity contribution in [1.82, 2.24) is 0 Å². The van der Waals surface area contributed by atoms with Gasteiger partial charge in [-0.05, 0) is 55.5 Å². The molecule has 2 rings (SSSR count). The predicted molar refractivity (Wildman–Crippen MR) is 108 cm³/mol. The van der Waals surface area contributed by atoms with Gasteiger partial charge in [0.15, 0.2) is 0 Å². The van der Waals surface area contributed by atoms with Gasteiger partial charge in [-0.3, -0.25) is 0 Å². The summed E-state index contributed by atoms with van der Waals surface area (Å²) in [6.45, 7) is 8.36. The number of rotatable bonds is 7. The van der Waals surface area contributed by atoms with E-state index in [1.807, 2.05) is 25.1 Å². The lowest BCUT2D eigenvalue weighted by Gasteiger charge is -2.28. The number of phenolic OH excluding ortho intramolecular Hbond substituents is 1. The second-order valence-electron chi connectivity index (χ2n) is 6.56. The van der Waals surface area contributed by atoms with Crippen LogP contribution in [0.4, 0.5) is 0 Å². The third kappa shape index (κ3) is 5.87. The first kappa shape index (κ1) is 20.0. The molecule has 1 heterocycles. The summed E-state index contributed by atoms with van der Waals surface area (Å²) >= 11 is 3.43. The standard InChI is InChI=1S/C20H26BBrO3/c1-4-5-15(3)18-10-11-21(24)25-20(18)9-6-14(2)12-16-13-17(22)7-8-19(16)23/h7-8,10,12-13,20,23-24H,3-6,9,11H2,1-2H3/b14-12+. The SMILES string of the molecule is C=C(CCC)C1=CCB(O)OC1CC/C(C)=C/c1cc(Br)ccc1O. The Bertz CT molecular complexity index is 682. The molecule has 0 bridgehead atoms. The zero-order valence-electron chi connectivity index (χ0n) is 15.0. The second kappa shape index (κ2) is 9.42. The Morgan fingerprint density at radius 3 is 2.92 bits per heavy atom. The number of aromatic hydroxyl groups is 1. The summed E-state index contributed by atoms with van der Waals surface area (Å²) in [5.41, 5.74) is 4.18. The third-order valence-corrected chi connectivity index (χ3v) is 4.85. The summed E-state index contributed by atoms with van der Waals surface area (Å²) in [4.78, 5) is 0. The highest BCUT2D eigenvalue weighted by Gasteiger charge is 2.27. The van der Waals surface area contributed by atoms with Crippen molar-refractivity contribution in [3.8, 4) is 5.75 Å². The van der Waals surface area contributed by atoms with Gasteiger partial charge in [0, 0.05) is 16.4 Å². The van der Waals surface area contributed by atoms with E-state index < -0.39 is 7.12 Å². The van der Waals surface area contributed by atoms with Crippen molar-refractivity contribution in [2.24, 2.45) is 0 Å². The van der Waals surface area contributed by atoms with Crippen LogP contribution in [0, 0.1) is 0 Å². The van der Waals surface area contributed by atoms with E-state index in [-0.39, 0.29) is 11.9 Å². The van der Waals surface area contributed by atoms with E-state index in [0.29, 0.717) is 6.32 Å². The summed E-state index contributed by atoms with van der Waals surface area (Å²) in [7, 11) is -0.735. The van der Waals surface area contributed by atoms with Crippen LogP contribution in [0.25, 0.3) is 6.08 Å². The summed E-state index contributed by atoms with van der Waals surface area (Å²) in [5.74, 6) is 0.267. The number of benzene rings is 1. The number of halogens is 1. The monoisotopic (exact) mass is 404 g/mol. The Hall–Kier alpha value is -1.30. The quantitative estimate of drug-likeness (QED) is 0.589. The fourth-order valence-corrected chi connectivity index (χ4v) is 3.44. The minimum Gasteiger partial charge on any atom is -0.507 e. The first-order valence-electron chi connectivity index (χ1n) is 8.78. The highest BCUT2D eigenvalue weighted by Crippen LogP contribution is 2.30. The van der Waals surface area contributed by atoms with E-state index in [4.69, 9.17) is 4.65 Å². The molecule has 134 valence electrons. The molecule has 1 aliphatic heterocycles. The van der Waals surface area contributed by atoms with E-state index >= 15 is 0 Å². The number of phenols is 1. The van der Waals surface area contributed by atoms with Gasteiger partial charge in [0.25, 0.3) is 0 Å². The van der Waals surface area contributed by atoms with Gasteiger partial charge in [-0.15, -0.1) is 0 Å². The minimum absolute atomic E-state index is 0.123. The lowest BCUT2D eigenvalue weighted by Crippen LogP contribution is -2.31. The van der Waals surface area contributed by atoms with Crippen LogP contribution in [-0.4, -0.2) is 23.4 Å². The van der Waals surface area contributed by atoms with Gasteiger partial charge in [-0.1, -0.05) is 53.6 Å². The summed E-state index contributed by atoms with van der Waals surface area (Å²) < 4.78 is 6.69. The largest absolute Gasteiger partial charge is 0.507 e. The van der Waals surface area contributed by atoms with E-state index in [9.17, 15) is 10.1 Å². The number of hydrogen-bond donors (Lipinski definition) is 2. The van der Waals surface area contributed by atoms with Crippen LogP contribution in [0.5, 0.6) is 5.75 Å². The minimum atomic E-state index is -0.735. The van der Waals surface area contributed by atoms with E-state index in [2.05, 4.69) is 35.5 Å². The topological polar surface area (TPSA) is 49.7 Å². The smallest absolute Gasteiger partial charge is 0.458 e. The fraction of sp³-hybridized carbons (Fsp3) is 0.400. The van der Waals surface area contributed by atoms with Crippen LogP contribution in [0.1, 0.15) is 45.1 Å². The first-order valence-corrected chi connectivity index (χ1v) is 9.57. The van der Waals surface area contributed by atoms with Crippen LogP contribution in [-0.2, 0) is 4.65 Å². The second-order valence-corrected chi connectivity index (χ2v) is 7.48. The van der Waals surface area contributed by atoms with Crippen molar-refractivity contribution in [3.63, 3.8) is 0 Å². The Kier molecular flexibility index (Phi) is 7.54. The van der Waals surface area contributed by atoms with Gasteiger partial charge in [0.05, 0.1) is 6.10 Å². The molecule has 3 nitrogen and oxygen atoms in total. The predicted octanol–water partition coefficient (Wildman–Crippen LogP) is 5.50. The summed E-state index contributed by atoms with van der Waals surface area (Å²) in [5, 5.41) is 19.8. The molecular formula is C20H26BBrO3. The highest BCUT2D eigenvalue weighted by atomic mass is 79.9. The zero-order chi connectivity index (χ0) is 18.4. The van der Waals surface area contributed by atoms with Crippen molar-refractivity contribution in [1.29, 1.82) is 0 Å². The maximum Gasteiger partial charge on any atom is 0.458 e. The Labute approximate surface area is 159 Å². The molecule has 1 unspecified atom stereocenters. The third-order valence-electron chi connectivity index (χ3n) is 4.36. The van der Waals surface area contributed by atoms with Crippen LogP contribution in [0.3, 0.4) is 0 Å². The molecule has 1 atom stereocenters. The average Bonchev–Trinajstić information content (AvgIpc) is 2.56. The molecule has 1 aliphatic rings. The molecule has 0 amide bonds. The van der Waals surface area contributed by atoms with E-state index in [0.717, 1.165) is 52.4 Å².